The number of piperazine rings is 1. The Morgan fingerprint density at radius 1 is 1.60 bits per heavy atom. The fraction of sp³-hybridized carbons (Fsp3) is 0.727. The Morgan fingerprint density at radius 2 is 2.33 bits per heavy atom. The smallest absolute Gasteiger partial charge is 0.303 e. The van der Waals surface area contributed by atoms with Crippen molar-refractivity contribution in [3.8, 4) is 0 Å². The summed E-state index contributed by atoms with van der Waals surface area (Å²) in [7, 11) is 2.08. The van der Waals surface area contributed by atoms with Crippen LogP contribution in [0.5, 0.6) is 0 Å². The molecule has 0 aromatic carbocycles. The molecule has 15 heavy (non-hydrogen) atoms. The summed E-state index contributed by atoms with van der Waals surface area (Å²) in [6.07, 6.45) is 2.87. The Hall–Kier alpha value is -0.870. The van der Waals surface area contributed by atoms with E-state index >= 15 is 0 Å². The Bertz CT molecular complexity index is 231. The molecule has 1 atom stereocenters. The van der Waals surface area contributed by atoms with Crippen molar-refractivity contribution in [1.29, 1.82) is 0 Å². The number of hydrogen-bond donors (Lipinski definition) is 1. The summed E-state index contributed by atoms with van der Waals surface area (Å²) < 4.78 is 0. The van der Waals surface area contributed by atoms with Crippen molar-refractivity contribution in [3.63, 3.8) is 0 Å². The third kappa shape index (κ3) is 4.01. The highest BCUT2D eigenvalue weighted by Crippen LogP contribution is 2.13. The third-order valence-electron chi connectivity index (χ3n) is 2.86. The van der Waals surface area contributed by atoms with E-state index in [2.05, 4.69) is 23.4 Å². The first-order chi connectivity index (χ1) is 7.13. The highest BCUT2D eigenvalue weighted by molar-refractivity contribution is 5.66. The SMILES string of the molecule is C=CCN1CCN(C)CC1CCC(=O)O. The molecule has 86 valence electrons. The Balaban J connectivity index is 2.45. The summed E-state index contributed by atoms with van der Waals surface area (Å²) in [6.45, 7) is 7.61. The minimum Gasteiger partial charge on any atom is -0.481 e. The molecule has 0 aromatic rings. The number of hydrogen-bond acceptors (Lipinski definition) is 3. The molecule has 1 N–H and O–H groups in total. The lowest BCUT2D eigenvalue weighted by molar-refractivity contribution is -0.137. The van der Waals surface area contributed by atoms with Crippen LogP contribution in [0.15, 0.2) is 12.7 Å². The normalized spacial score (nSPS) is 23.9. The molecule has 1 saturated heterocycles. The fourth-order valence-electron chi connectivity index (χ4n) is 2.02. The maximum atomic E-state index is 10.5. The molecule has 0 aromatic heterocycles. The Morgan fingerprint density at radius 3 is 2.93 bits per heavy atom. The lowest BCUT2D eigenvalue weighted by Gasteiger charge is -2.39. The molecule has 0 radical (unpaired) electrons. The van der Waals surface area contributed by atoms with Gasteiger partial charge in [0.15, 0.2) is 0 Å². The van der Waals surface area contributed by atoms with Crippen molar-refractivity contribution in [2.24, 2.45) is 0 Å². The molecule has 4 nitrogen and oxygen atoms in total. The van der Waals surface area contributed by atoms with Crippen LogP contribution in [0, 0.1) is 0 Å². The van der Waals surface area contributed by atoms with Crippen molar-refractivity contribution in [3.05, 3.63) is 12.7 Å². The van der Waals surface area contributed by atoms with E-state index in [1.165, 1.54) is 0 Å². The zero-order valence-electron chi connectivity index (χ0n) is 9.35. The van der Waals surface area contributed by atoms with Crippen LogP contribution in [-0.2, 0) is 4.79 Å². The first kappa shape index (κ1) is 12.2. The van der Waals surface area contributed by atoms with Gasteiger partial charge in [0.25, 0.3) is 0 Å². The quantitative estimate of drug-likeness (QED) is 0.680. The van der Waals surface area contributed by atoms with Gasteiger partial charge in [0.2, 0.25) is 0 Å². The average molecular weight is 212 g/mol. The summed E-state index contributed by atoms with van der Waals surface area (Å²) in [5, 5.41) is 8.67. The highest BCUT2D eigenvalue weighted by atomic mass is 16.4. The Kier molecular flexibility index (Phi) is 4.78. The van der Waals surface area contributed by atoms with Gasteiger partial charge in [-0.1, -0.05) is 6.08 Å². The van der Waals surface area contributed by atoms with Crippen LogP contribution in [0.25, 0.3) is 0 Å². The van der Waals surface area contributed by atoms with Crippen molar-refractivity contribution >= 4 is 5.97 Å². The van der Waals surface area contributed by atoms with Gasteiger partial charge in [0.1, 0.15) is 0 Å². The topological polar surface area (TPSA) is 43.8 Å². The van der Waals surface area contributed by atoms with Crippen LogP contribution in [0.3, 0.4) is 0 Å². The van der Waals surface area contributed by atoms with Gasteiger partial charge in [-0.25, -0.2) is 0 Å². The minimum atomic E-state index is -0.707. The summed E-state index contributed by atoms with van der Waals surface area (Å²) in [5.41, 5.74) is 0. The van der Waals surface area contributed by atoms with Crippen molar-refractivity contribution in [2.75, 3.05) is 33.2 Å². The van der Waals surface area contributed by atoms with Crippen molar-refractivity contribution in [2.45, 2.75) is 18.9 Å². The molecular formula is C11H20N2O2. The molecule has 1 unspecified atom stereocenters. The number of nitrogens with zero attached hydrogens (tertiary/aromatic N) is 2. The highest BCUT2D eigenvalue weighted by Gasteiger charge is 2.24. The molecule has 0 aliphatic carbocycles. The van der Waals surface area contributed by atoms with E-state index < -0.39 is 5.97 Å². The second-order valence-corrected chi connectivity index (χ2v) is 4.13. The van der Waals surface area contributed by atoms with Crippen LogP contribution in [0.4, 0.5) is 0 Å². The van der Waals surface area contributed by atoms with E-state index in [-0.39, 0.29) is 6.42 Å². The van der Waals surface area contributed by atoms with Crippen LogP contribution >= 0.6 is 0 Å². The monoisotopic (exact) mass is 212 g/mol. The molecule has 1 aliphatic rings. The van der Waals surface area contributed by atoms with E-state index in [0.717, 1.165) is 32.6 Å². The maximum absolute atomic E-state index is 10.5. The fourth-order valence-corrected chi connectivity index (χ4v) is 2.02. The van der Waals surface area contributed by atoms with E-state index in [1.807, 2.05) is 6.08 Å². The van der Waals surface area contributed by atoms with Crippen LogP contribution in [0.2, 0.25) is 0 Å². The van der Waals surface area contributed by atoms with Gasteiger partial charge in [-0.05, 0) is 13.5 Å². The number of likely N-dealkylation sites (N-methyl/N-ethyl adjacent to an activating group) is 1. The van der Waals surface area contributed by atoms with Gasteiger partial charge in [0.05, 0.1) is 0 Å². The van der Waals surface area contributed by atoms with E-state index in [4.69, 9.17) is 5.11 Å². The molecule has 0 amide bonds. The molecule has 0 bridgehead atoms. The van der Waals surface area contributed by atoms with Gasteiger partial charge in [-0.2, -0.15) is 0 Å². The molecule has 0 saturated carbocycles. The second kappa shape index (κ2) is 5.88. The summed E-state index contributed by atoms with van der Waals surface area (Å²) in [5.74, 6) is -0.707. The molecule has 0 spiro atoms. The number of rotatable bonds is 5. The number of aliphatic carboxylic acids is 1. The molecule has 1 aliphatic heterocycles. The van der Waals surface area contributed by atoms with Gasteiger partial charge in [0, 0.05) is 38.6 Å². The molecular weight excluding hydrogens is 192 g/mol. The third-order valence-corrected chi connectivity index (χ3v) is 2.86. The average Bonchev–Trinajstić information content (AvgIpc) is 2.18. The van der Waals surface area contributed by atoms with Gasteiger partial charge >= 0.3 is 5.97 Å². The number of carbonyl (C=O) groups is 1. The zero-order valence-corrected chi connectivity index (χ0v) is 9.35. The van der Waals surface area contributed by atoms with E-state index in [1.54, 1.807) is 0 Å². The Labute approximate surface area is 91.2 Å². The number of carboxylic acid groups (broad SMARTS) is 1. The van der Waals surface area contributed by atoms with Gasteiger partial charge in [-0.3, -0.25) is 9.69 Å². The van der Waals surface area contributed by atoms with Crippen molar-refractivity contribution < 1.29 is 9.90 Å². The van der Waals surface area contributed by atoms with Crippen LogP contribution < -0.4 is 0 Å². The zero-order chi connectivity index (χ0) is 11.3. The van der Waals surface area contributed by atoms with Crippen molar-refractivity contribution in [1.82, 2.24) is 9.80 Å². The molecule has 1 heterocycles. The lowest BCUT2D eigenvalue weighted by Crippen LogP contribution is -2.51. The maximum Gasteiger partial charge on any atom is 0.303 e. The summed E-state index contributed by atoms with van der Waals surface area (Å²) in [6, 6.07) is 0.359. The first-order valence-corrected chi connectivity index (χ1v) is 5.38. The summed E-state index contributed by atoms with van der Waals surface area (Å²) in [4.78, 5) is 15.1. The lowest BCUT2D eigenvalue weighted by atomic mass is 10.1. The number of carboxylic acids is 1. The van der Waals surface area contributed by atoms with Crippen LogP contribution in [-0.4, -0.2) is 60.1 Å². The van der Waals surface area contributed by atoms with E-state index in [0.29, 0.717) is 6.04 Å². The molecule has 1 rings (SSSR count). The second-order valence-electron chi connectivity index (χ2n) is 4.13. The van der Waals surface area contributed by atoms with Gasteiger partial charge in [-0.15, -0.1) is 6.58 Å². The largest absolute Gasteiger partial charge is 0.481 e. The minimum absolute atomic E-state index is 0.256. The van der Waals surface area contributed by atoms with Gasteiger partial charge < -0.3 is 10.0 Å². The standard InChI is InChI=1S/C11H20N2O2/c1-3-6-13-8-7-12(2)9-10(13)4-5-11(14)15/h3,10H,1,4-9H2,2H3,(H,14,15). The predicted octanol–water partition coefficient (Wildman–Crippen LogP) is 0.653. The first-order valence-electron chi connectivity index (χ1n) is 5.38. The van der Waals surface area contributed by atoms with E-state index in [9.17, 15) is 4.79 Å². The molecule has 1 fully saturated rings. The summed E-state index contributed by atoms with van der Waals surface area (Å²) >= 11 is 0. The predicted molar refractivity (Wildman–Crippen MR) is 59.9 cm³/mol. The van der Waals surface area contributed by atoms with Crippen LogP contribution in [0.1, 0.15) is 12.8 Å². The molecule has 4 heteroatoms.